The third-order valence-electron chi connectivity index (χ3n) is 5.65. The van der Waals surface area contributed by atoms with Crippen molar-refractivity contribution in [2.45, 2.75) is 50.3 Å². The highest BCUT2D eigenvalue weighted by Crippen LogP contribution is 2.35. The fourth-order valence-corrected chi connectivity index (χ4v) is 5.88. The maximum absolute atomic E-state index is 13.0. The largest absolute Gasteiger partial charge is 0.462 e. The maximum Gasteiger partial charge on any atom is 0.317 e. The van der Waals surface area contributed by atoms with Gasteiger partial charge in [-0.1, -0.05) is 0 Å². The van der Waals surface area contributed by atoms with Crippen LogP contribution in [-0.4, -0.2) is 65.6 Å². The van der Waals surface area contributed by atoms with Crippen LogP contribution in [0.3, 0.4) is 0 Å². The van der Waals surface area contributed by atoms with E-state index in [1.165, 1.54) is 0 Å². The summed E-state index contributed by atoms with van der Waals surface area (Å²) in [5, 5.41) is 2.36. The fourth-order valence-electron chi connectivity index (χ4n) is 4.00. The number of carbonyl (C=O) groups is 1. The molecule has 2 fully saturated rings. The molecule has 0 aliphatic carbocycles. The molecular weight excluding hydrogens is 392 g/mol. The molecule has 2 amide bonds. The Balaban J connectivity index is 1.34. The van der Waals surface area contributed by atoms with E-state index in [0.717, 1.165) is 29.5 Å². The summed E-state index contributed by atoms with van der Waals surface area (Å²) in [6, 6.07) is 3.53. The van der Waals surface area contributed by atoms with Gasteiger partial charge < -0.3 is 14.6 Å². The summed E-state index contributed by atoms with van der Waals surface area (Å²) in [4.78, 5) is 18.1. The van der Waals surface area contributed by atoms with Gasteiger partial charge in [-0.05, 0) is 51.7 Å². The van der Waals surface area contributed by atoms with Gasteiger partial charge in [-0.2, -0.15) is 0 Å². The second kappa shape index (κ2) is 7.28. The van der Waals surface area contributed by atoms with Crippen molar-refractivity contribution >= 4 is 27.2 Å². The minimum absolute atomic E-state index is 0.206. The second-order valence-electron chi connectivity index (χ2n) is 8.97. The van der Waals surface area contributed by atoms with Crippen molar-refractivity contribution in [1.82, 2.24) is 19.5 Å². The normalized spacial score (nSPS) is 20.0. The van der Waals surface area contributed by atoms with E-state index in [1.807, 2.05) is 32.9 Å². The van der Waals surface area contributed by atoms with Crippen LogP contribution < -0.4 is 5.32 Å². The smallest absolute Gasteiger partial charge is 0.317 e. The van der Waals surface area contributed by atoms with Gasteiger partial charge in [-0.3, -0.25) is 4.98 Å². The van der Waals surface area contributed by atoms with Crippen LogP contribution in [0, 0.1) is 0 Å². The van der Waals surface area contributed by atoms with E-state index in [1.54, 1.807) is 21.7 Å². The molecule has 2 aromatic heterocycles. The molecule has 4 heterocycles. The molecule has 2 saturated heterocycles. The van der Waals surface area contributed by atoms with Crippen LogP contribution in [-0.2, 0) is 10.0 Å². The lowest BCUT2D eigenvalue weighted by atomic mass is 9.91. The molecule has 0 saturated carbocycles. The van der Waals surface area contributed by atoms with E-state index in [9.17, 15) is 13.2 Å². The van der Waals surface area contributed by atoms with Crippen LogP contribution in [0.2, 0.25) is 0 Å². The Labute approximate surface area is 171 Å². The van der Waals surface area contributed by atoms with Gasteiger partial charge in [-0.15, -0.1) is 0 Å². The van der Waals surface area contributed by atoms with Gasteiger partial charge in [-0.25, -0.2) is 17.5 Å². The highest BCUT2D eigenvalue weighted by Gasteiger charge is 2.44. The van der Waals surface area contributed by atoms with E-state index in [0.29, 0.717) is 13.1 Å². The summed E-state index contributed by atoms with van der Waals surface area (Å²) in [7, 11) is -3.40. The van der Waals surface area contributed by atoms with Gasteiger partial charge in [0.25, 0.3) is 0 Å². The number of pyridine rings is 1. The molecule has 8 nitrogen and oxygen atoms in total. The Kier molecular flexibility index (Phi) is 5.06. The molecule has 0 unspecified atom stereocenters. The third-order valence-corrected chi connectivity index (χ3v) is 7.87. The van der Waals surface area contributed by atoms with Crippen molar-refractivity contribution in [3.05, 3.63) is 30.2 Å². The molecular formula is C20H28N4O4S. The number of likely N-dealkylation sites (tertiary alicyclic amines) is 1. The number of furan rings is 1. The Morgan fingerprint density at radius 1 is 1.24 bits per heavy atom. The quantitative estimate of drug-likeness (QED) is 0.823. The highest BCUT2D eigenvalue weighted by atomic mass is 32.2. The number of urea groups is 1. The minimum Gasteiger partial charge on any atom is -0.462 e. The lowest BCUT2D eigenvalue weighted by molar-refractivity contribution is 0.158. The van der Waals surface area contributed by atoms with Crippen LogP contribution >= 0.6 is 0 Å². The van der Waals surface area contributed by atoms with Gasteiger partial charge >= 0.3 is 6.03 Å². The second-order valence-corrected chi connectivity index (χ2v) is 11.2. The summed E-state index contributed by atoms with van der Waals surface area (Å²) in [5.74, 6) is 0.244. The van der Waals surface area contributed by atoms with Gasteiger partial charge in [0.2, 0.25) is 10.0 Å². The first-order chi connectivity index (χ1) is 13.6. The minimum atomic E-state index is -3.40. The number of carbonyl (C=O) groups excluding carboxylic acids is 1. The topological polar surface area (TPSA) is 95.8 Å². The number of aromatic nitrogens is 1. The summed E-state index contributed by atoms with van der Waals surface area (Å²) in [6.45, 7) is 7.18. The number of amides is 2. The Morgan fingerprint density at radius 2 is 1.93 bits per heavy atom. The third kappa shape index (κ3) is 3.98. The molecule has 1 N–H and O–H groups in total. The molecule has 0 bridgehead atoms. The van der Waals surface area contributed by atoms with Gasteiger partial charge in [0, 0.05) is 43.5 Å². The monoisotopic (exact) mass is 420 g/mol. The van der Waals surface area contributed by atoms with Gasteiger partial charge in [0.15, 0.2) is 5.58 Å². The van der Waals surface area contributed by atoms with Crippen molar-refractivity contribution in [2.24, 2.45) is 0 Å². The van der Waals surface area contributed by atoms with E-state index < -0.39 is 15.3 Å². The summed E-state index contributed by atoms with van der Waals surface area (Å²) in [6.07, 6.45) is 4.99. The average molecular weight is 421 g/mol. The van der Waals surface area contributed by atoms with E-state index in [-0.39, 0.29) is 30.6 Å². The number of sulfonamides is 1. The molecule has 0 aromatic carbocycles. The number of hydrogen-bond acceptors (Lipinski definition) is 5. The zero-order chi connectivity index (χ0) is 20.8. The van der Waals surface area contributed by atoms with Gasteiger partial charge in [0.1, 0.15) is 10.8 Å². The first kappa shape index (κ1) is 20.2. The summed E-state index contributed by atoms with van der Waals surface area (Å²) >= 11 is 0. The van der Waals surface area contributed by atoms with Crippen molar-refractivity contribution < 1.29 is 17.6 Å². The molecule has 29 heavy (non-hydrogen) atoms. The Bertz CT molecular complexity index is 997. The lowest BCUT2D eigenvalue weighted by Crippen LogP contribution is -2.63. The average Bonchev–Trinajstić information content (AvgIpc) is 3.03. The zero-order valence-electron chi connectivity index (χ0n) is 17.1. The maximum atomic E-state index is 13.0. The number of piperidine rings is 1. The predicted molar refractivity (Wildman–Crippen MR) is 110 cm³/mol. The predicted octanol–water partition coefficient (Wildman–Crippen LogP) is 2.53. The van der Waals surface area contributed by atoms with Crippen LogP contribution in [0.5, 0.6) is 0 Å². The molecule has 2 aromatic rings. The fraction of sp³-hybridized carbons (Fsp3) is 0.600. The molecule has 0 spiro atoms. The van der Waals surface area contributed by atoms with Crippen molar-refractivity contribution in [3.8, 4) is 0 Å². The molecule has 2 aliphatic heterocycles. The van der Waals surface area contributed by atoms with Crippen LogP contribution in [0.15, 0.2) is 29.0 Å². The zero-order valence-corrected chi connectivity index (χ0v) is 17.9. The highest BCUT2D eigenvalue weighted by molar-refractivity contribution is 7.89. The number of fused-ring (bicyclic) bond motifs is 1. The van der Waals surface area contributed by atoms with Crippen LogP contribution in [0.25, 0.3) is 11.1 Å². The lowest BCUT2D eigenvalue weighted by Gasteiger charge is -2.43. The van der Waals surface area contributed by atoms with Gasteiger partial charge in [0.05, 0.1) is 6.26 Å². The molecule has 158 valence electrons. The molecule has 0 radical (unpaired) electrons. The standard InChI is InChI=1S/C20H28N4O4S/c1-20(2,3)22-19(25)23-11-15(12-23)29(26,27)24-9-6-14(7-10-24)16-13-28-17-5-4-8-21-18(16)17/h4-5,8,13-15H,6-7,9-12H2,1-3H3,(H,22,25). The first-order valence-corrected chi connectivity index (χ1v) is 11.5. The molecule has 0 atom stereocenters. The molecule has 9 heteroatoms. The number of rotatable bonds is 3. The van der Waals surface area contributed by atoms with Crippen LogP contribution in [0.4, 0.5) is 4.79 Å². The number of hydrogen-bond donors (Lipinski definition) is 1. The number of nitrogens with one attached hydrogen (secondary N) is 1. The summed E-state index contributed by atoms with van der Waals surface area (Å²) < 4.78 is 33.1. The van der Waals surface area contributed by atoms with E-state index >= 15 is 0 Å². The Morgan fingerprint density at radius 3 is 2.59 bits per heavy atom. The van der Waals surface area contributed by atoms with E-state index in [4.69, 9.17) is 4.42 Å². The molecule has 4 rings (SSSR count). The SMILES string of the molecule is CC(C)(C)NC(=O)N1CC(S(=O)(=O)N2CCC(c3coc4cccnc34)CC2)C1. The number of nitrogens with zero attached hydrogens (tertiary/aromatic N) is 3. The van der Waals surface area contributed by atoms with Crippen molar-refractivity contribution in [1.29, 1.82) is 0 Å². The van der Waals surface area contributed by atoms with E-state index in [2.05, 4.69) is 10.3 Å². The Hall–Kier alpha value is -2.13. The van der Waals surface area contributed by atoms with Crippen LogP contribution in [0.1, 0.15) is 45.1 Å². The molecule has 2 aliphatic rings. The van der Waals surface area contributed by atoms with Crippen molar-refractivity contribution in [2.75, 3.05) is 26.2 Å². The van der Waals surface area contributed by atoms with Crippen molar-refractivity contribution in [3.63, 3.8) is 0 Å². The summed E-state index contributed by atoms with van der Waals surface area (Å²) in [5.41, 5.74) is 2.36. The first-order valence-electron chi connectivity index (χ1n) is 10.0.